The van der Waals surface area contributed by atoms with Crippen molar-refractivity contribution in [3.05, 3.63) is 71.3 Å². The van der Waals surface area contributed by atoms with E-state index in [4.69, 9.17) is 0 Å². The summed E-state index contributed by atoms with van der Waals surface area (Å²) >= 11 is 0. The van der Waals surface area contributed by atoms with Crippen LogP contribution in [0.5, 0.6) is 0 Å². The first-order chi connectivity index (χ1) is 12.1. The Morgan fingerprint density at radius 3 is 2.56 bits per heavy atom. The van der Waals surface area contributed by atoms with Crippen molar-refractivity contribution < 1.29 is 9.59 Å². The average molecular weight is 336 g/mol. The van der Waals surface area contributed by atoms with Gasteiger partial charge in [-0.1, -0.05) is 54.6 Å². The second-order valence-corrected chi connectivity index (χ2v) is 6.47. The minimum absolute atomic E-state index is 0.0103. The lowest BCUT2D eigenvalue weighted by atomic mass is 9.90. The van der Waals surface area contributed by atoms with Crippen molar-refractivity contribution in [1.82, 2.24) is 10.2 Å². The zero-order chi connectivity index (χ0) is 17.6. The fourth-order valence-electron chi connectivity index (χ4n) is 3.49. The van der Waals surface area contributed by atoms with E-state index >= 15 is 0 Å². The Balaban J connectivity index is 1.63. The summed E-state index contributed by atoms with van der Waals surface area (Å²) in [4.78, 5) is 26.2. The molecule has 1 aliphatic heterocycles. The zero-order valence-corrected chi connectivity index (χ0v) is 14.6. The van der Waals surface area contributed by atoms with E-state index in [0.29, 0.717) is 19.5 Å². The lowest BCUT2D eigenvalue weighted by Crippen LogP contribution is -2.41. The predicted molar refractivity (Wildman–Crippen MR) is 98.0 cm³/mol. The van der Waals surface area contributed by atoms with Gasteiger partial charge >= 0.3 is 0 Å². The maximum Gasteiger partial charge on any atom is 0.222 e. The molecule has 1 unspecified atom stereocenters. The van der Waals surface area contributed by atoms with Crippen LogP contribution in [0.4, 0.5) is 0 Å². The molecule has 1 N–H and O–H groups in total. The van der Waals surface area contributed by atoms with Gasteiger partial charge in [-0.05, 0) is 29.5 Å². The van der Waals surface area contributed by atoms with E-state index in [2.05, 4.69) is 23.5 Å². The topological polar surface area (TPSA) is 49.4 Å². The van der Waals surface area contributed by atoms with Crippen LogP contribution >= 0.6 is 0 Å². The summed E-state index contributed by atoms with van der Waals surface area (Å²) in [5.41, 5.74) is 3.54. The summed E-state index contributed by atoms with van der Waals surface area (Å²) < 4.78 is 0. The van der Waals surface area contributed by atoms with Gasteiger partial charge in [0.25, 0.3) is 0 Å². The summed E-state index contributed by atoms with van der Waals surface area (Å²) in [5, 5.41) is 2.99. The maximum atomic E-state index is 12.4. The van der Waals surface area contributed by atoms with Gasteiger partial charge in [-0.3, -0.25) is 9.59 Å². The largest absolute Gasteiger partial charge is 0.356 e. The SMILES string of the molecule is CC(=O)N1CCc2ccccc2C1CC(=O)NCCc1ccccc1. The minimum atomic E-state index is -0.167. The fraction of sp³-hybridized carbons (Fsp3) is 0.333. The molecule has 4 heteroatoms. The second kappa shape index (κ2) is 7.97. The molecule has 1 aliphatic rings. The van der Waals surface area contributed by atoms with Gasteiger partial charge in [0.1, 0.15) is 0 Å². The average Bonchev–Trinajstić information content (AvgIpc) is 2.62. The van der Waals surface area contributed by atoms with E-state index in [1.165, 1.54) is 11.1 Å². The molecule has 0 bridgehead atoms. The third-order valence-electron chi connectivity index (χ3n) is 4.77. The second-order valence-electron chi connectivity index (χ2n) is 6.47. The number of hydrogen-bond donors (Lipinski definition) is 1. The molecule has 1 atom stereocenters. The Morgan fingerprint density at radius 1 is 1.08 bits per heavy atom. The molecule has 130 valence electrons. The first-order valence-corrected chi connectivity index (χ1v) is 8.81. The van der Waals surface area contributed by atoms with Gasteiger partial charge in [-0.2, -0.15) is 0 Å². The van der Waals surface area contributed by atoms with Gasteiger partial charge < -0.3 is 10.2 Å². The van der Waals surface area contributed by atoms with Crippen molar-refractivity contribution in [3.63, 3.8) is 0 Å². The third-order valence-corrected chi connectivity index (χ3v) is 4.77. The number of nitrogens with zero attached hydrogens (tertiary/aromatic N) is 1. The van der Waals surface area contributed by atoms with E-state index in [1.54, 1.807) is 6.92 Å². The van der Waals surface area contributed by atoms with Crippen molar-refractivity contribution in [3.8, 4) is 0 Å². The molecule has 0 aromatic heterocycles. The summed E-state index contributed by atoms with van der Waals surface area (Å²) in [6, 6.07) is 18.0. The Bertz CT molecular complexity index is 743. The Morgan fingerprint density at radius 2 is 1.80 bits per heavy atom. The van der Waals surface area contributed by atoms with Gasteiger partial charge in [-0.25, -0.2) is 0 Å². The van der Waals surface area contributed by atoms with Gasteiger partial charge in [0.05, 0.1) is 12.5 Å². The van der Waals surface area contributed by atoms with Crippen molar-refractivity contribution in [2.75, 3.05) is 13.1 Å². The van der Waals surface area contributed by atoms with Gasteiger partial charge in [0, 0.05) is 20.0 Å². The number of rotatable bonds is 5. The summed E-state index contributed by atoms with van der Waals surface area (Å²) in [6.45, 7) is 2.86. The molecule has 4 nitrogen and oxygen atoms in total. The third kappa shape index (κ3) is 4.27. The number of hydrogen-bond acceptors (Lipinski definition) is 2. The van der Waals surface area contributed by atoms with Crippen molar-refractivity contribution in [2.45, 2.75) is 32.2 Å². The van der Waals surface area contributed by atoms with E-state index in [1.807, 2.05) is 41.3 Å². The first kappa shape index (κ1) is 17.2. The highest BCUT2D eigenvalue weighted by atomic mass is 16.2. The van der Waals surface area contributed by atoms with Gasteiger partial charge in [0.2, 0.25) is 11.8 Å². The predicted octanol–water partition coefficient (Wildman–Crippen LogP) is 2.88. The van der Waals surface area contributed by atoms with Crippen LogP contribution in [-0.4, -0.2) is 29.8 Å². The first-order valence-electron chi connectivity index (χ1n) is 8.81. The molecule has 0 saturated heterocycles. The van der Waals surface area contributed by atoms with Crippen LogP contribution in [-0.2, 0) is 22.4 Å². The summed E-state index contributed by atoms with van der Waals surface area (Å²) in [6.07, 6.45) is 1.97. The lowest BCUT2D eigenvalue weighted by molar-refractivity contribution is -0.133. The van der Waals surface area contributed by atoms with Crippen LogP contribution in [0.3, 0.4) is 0 Å². The molecule has 0 fully saturated rings. The van der Waals surface area contributed by atoms with E-state index < -0.39 is 0 Å². The highest BCUT2D eigenvalue weighted by Gasteiger charge is 2.30. The molecule has 0 spiro atoms. The Hall–Kier alpha value is -2.62. The van der Waals surface area contributed by atoms with Crippen molar-refractivity contribution in [2.24, 2.45) is 0 Å². The molecule has 0 aliphatic carbocycles. The lowest BCUT2D eigenvalue weighted by Gasteiger charge is -2.36. The highest BCUT2D eigenvalue weighted by Crippen LogP contribution is 2.32. The Labute approximate surface area is 148 Å². The molecular weight excluding hydrogens is 312 g/mol. The van der Waals surface area contributed by atoms with Gasteiger partial charge in [0.15, 0.2) is 0 Å². The molecular formula is C21H24N2O2. The molecule has 0 radical (unpaired) electrons. The van der Waals surface area contributed by atoms with Crippen molar-refractivity contribution >= 4 is 11.8 Å². The van der Waals surface area contributed by atoms with E-state index in [-0.39, 0.29) is 17.9 Å². The number of fused-ring (bicyclic) bond motifs is 1. The van der Waals surface area contributed by atoms with Crippen molar-refractivity contribution in [1.29, 1.82) is 0 Å². The molecule has 2 aromatic carbocycles. The standard InChI is InChI=1S/C21H24N2O2/c1-16(24)23-14-12-18-9-5-6-10-19(18)20(23)15-21(25)22-13-11-17-7-3-2-4-8-17/h2-10,20H,11-15H2,1H3,(H,22,25). The summed E-state index contributed by atoms with van der Waals surface area (Å²) in [5.74, 6) is 0.0143. The molecule has 3 rings (SSSR count). The van der Waals surface area contributed by atoms with E-state index in [9.17, 15) is 9.59 Å². The van der Waals surface area contributed by atoms with Gasteiger partial charge in [-0.15, -0.1) is 0 Å². The van der Waals surface area contributed by atoms with Crippen LogP contribution < -0.4 is 5.32 Å². The van der Waals surface area contributed by atoms with E-state index in [0.717, 1.165) is 18.4 Å². The normalized spacial score (nSPS) is 16.2. The van der Waals surface area contributed by atoms with Crippen LogP contribution in [0.1, 0.15) is 36.1 Å². The number of carbonyl (C=O) groups excluding carboxylic acids is 2. The monoisotopic (exact) mass is 336 g/mol. The van der Waals surface area contributed by atoms with Crippen LogP contribution in [0.2, 0.25) is 0 Å². The number of amides is 2. The summed E-state index contributed by atoms with van der Waals surface area (Å²) in [7, 11) is 0. The smallest absolute Gasteiger partial charge is 0.222 e. The van der Waals surface area contributed by atoms with Crippen LogP contribution in [0.15, 0.2) is 54.6 Å². The number of nitrogens with one attached hydrogen (secondary N) is 1. The minimum Gasteiger partial charge on any atom is -0.356 e. The quantitative estimate of drug-likeness (QED) is 0.913. The fourth-order valence-corrected chi connectivity index (χ4v) is 3.49. The maximum absolute atomic E-state index is 12.4. The zero-order valence-electron chi connectivity index (χ0n) is 14.6. The number of benzene rings is 2. The number of carbonyl (C=O) groups is 2. The molecule has 2 aromatic rings. The highest BCUT2D eigenvalue weighted by molar-refractivity contribution is 5.79. The van der Waals surface area contributed by atoms with Crippen LogP contribution in [0.25, 0.3) is 0 Å². The van der Waals surface area contributed by atoms with Crippen LogP contribution in [0, 0.1) is 0 Å². The molecule has 2 amide bonds. The Kier molecular flexibility index (Phi) is 5.49. The molecule has 0 saturated carbocycles. The molecule has 1 heterocycles. The molecule has 25 heavy (non-hydrogen) atoms.